The van der Waals surface area contributed by atoms with Gasteiger partial charge in [-0.05, 0) is 30.4 Å². The topological polar surface area (TPSA) is 62.3 Å². The molecule has 1 heterocycles. The lowest BCUT2D eigenvalue weighted by Gasteiger charge is -2.14. The first-order chi connectivity index (χ1) is 10.5. The van der Waals surface area contributed by atoms with E-state index in [0.29, 0.717) is 10.1 Å². The molecule has 0 unspecified atom stereocenters. The molecule has 0 saturated heterocycles. The number of aromatic hydroxyl groups is 1. The number of nitrogens with one attached hydrogen (secondary N) is 1. The number of phenolic OH excluding ortho intramolecular Hbond substituents is 1. The second kappa shape index (κ2) is 4.42. The molecule has 1 saturated carbocycles. The SMILES string of the molecule is COc1c(F)c(F)cc2c(O)c3c(=O)[nH]sc3c(C3CC3)c12. The molecule has 1 fully saturated rings. The lowest BCUT2D eigenvalue weighted by molar-refractivity contribution is 0.377. The van der Waals surface area contributed by atoms with Crippen molar-refractivity contribution in [1.29, 1.82) is 0 Å². The maximum absolute atomic E-state index is 14.1. The molecule has 0 bridgehead atoms. The summed E-state index contributed by atoms with van der Waals surface area (Å²) in [7, 11) is 1.26. The number of halogens is 2. The number of H-pyrrole nitrogens is 1. The van der Waals surface area contributed by atoms with Gasteiger partial charge in [0.25, 0.3) is 5.56 Å². The van der Waals surface area contributed by atoms with Gasteiger partial charge in [0.1, 0.15) is 11.1 Å². The second-order valence-corrected chi connectivity index (χ2v) is 6.22. The molecule has 1 aromatic heterocycles. The van der Waals surface area contributed by atoms with Crippen LogP contribution < -0.4 is 10.3 Å². The van der Waals surface area contributed by atoms with Crippen molar-refractivity contribution in [2.45, 2.75) is 18.8 Å². The summed E-state index contributed by atoms with van der Waals surface area (Å²) in [5.41, 5.74) is 0.326. The van der Waals surface area contributed by atoms with Crippen molar-refractivity contribution in [1.82, 2.24) is 4.37 Å². The van der Waals surface area contributed by atoms with Gasteiger partial charge in [0, 0.05) is 10.8 Å². The van der Waals surface area contributed by atoms with Crippen LogP contribution in [0.1, 0.15) is 24.3 Å². The first kappa shape index (κ1) is 13.5. The van der Waals surface area contributed by atoms with Crippen LogP contribution >= 0.6 is 11.5 Å². The molecule has 4 nitrogen and oxygen atoms in total. The van der Waals surface area contributed by atoms with Crippen molar-refractivity contribution < 1.29 is 18.6 Å². The third kappa shape index (κ3) is 1.62. The molecule has 22 heavy (non-hydrogen) atoms. The fraction of sp³-hybridized carbons (Fsp3) is 0.267. The van der Waals surface area contributed by atoms with E-state index in [9.17, 15) is 18.7 Å². The molecule has 4 rings (SSSR count). The highest BCUT2D eigenvalue weighted by atomic mass is 32.1. The van der Waals surface area contributed by atoms with Crippen molar-refractivity contribution in [2.24, 2.45) is 0 Å². The number of methoxy groups -OCH3 is 1. The minimum absolute atomic E-state index is 0.106. The Hall–Kier alpha value is -2.15. The summed E-state index contributed by atoms with van der Waals surface area (Å²) >= 11 is 1.10. The number of ether oxygens (including phenoxy) is 1. The predicted octanol–water partition coefficient (Wildman–Crippen LogP) is 3.61. The number of aromatic amines is 1. The standard InChI is InChI=1S/C15H11F2NO3S/c1-21-13-9-6(4-7(16)11(13)17)12(19)10-14(22-18-15(10)20)8(9)5-2-3-5/h4-5,19H,2-3H2,1H3,(H,18,20). The lowest BCUT2D eigenvalue weighted by Crippen LogP contribution is -2.01. The quantitative estimate of drug-likeness (QED) is 0.757. The van der Waals surface area contributed by atoms with Gasteiger partial charge in [-0.2, -0.15) is 4.39 Å². The van der Waals surface area contributed by atoms with Crippen LogP contribution in [0.15, 0.2) is 10.9 Å². The minimum Gasteiger partial charge on any atom is -0.506 e. The molecule has 0 spiro atoms. The molecular formula is C15H11F2NO3S. The Balaban J connectivity index is 2.34. The van der Waals surface area contributed by atoms with Crippen LogP contribution in [0, 0.1) is 11.6 Å². The van der Waals surface area contributed by atoms with Gasteiger partial charge in [0.2, 0.25) is 5.82 Å². The Kier molecular flexibility index (Phi) is 2.72. The number of rotatable bonds is 2. The molecule has 0 atom stereocenters. The number of benzene rings is 2. The van der Waals surface area contributed by atoms with Crippen molar-refractivity contribution >= 4 is 32.4 Å². The summed E-state index contributed by atoms with van der Waals surface area (Å²) in [5.74, 6) is -2.61. The second-order valence-electron chi connectivity index (χ2n) is 5.40. The van der Waals surface area contributed by atoms with Crippen LogP contribution in [-0.4, -0.2) is 16.6 Å². The largest absolute Gasteiger partial charge is 0.506 e. The summed E-state index contributed by atoms with van der Waals surface area (Å²) in [5, 5.41) is 11.0. The zero-order chi connectivity index (χ0) is 15.6. The first-order valence-electron chi connectivity index (χ1n) is 6.76. The Morgan fingerprint density at radius 1 is 1.36 bits per heavy atom. The summed E-state index contributed by atoms with van der Waals surface area (Å²) in [6.45, 7) is 0. The zero-order valence-corrected chi connectivity index (χ0v) is 12.3. The molecule has 3 aromatic rings. The van der Waals surface area contributed by atoms with Crippen LogP contribution in [0.2, 0.25) is 0 Å². The van der Waals surface area contributed by atoms with Crippen LogP contribution in [0.5, 0.6) is 11.5 Å². The Morgan fingerprint density at radius 3 is 2.73 bits per heavy atom. The highest BCUT2D eigenvalue weighted by molar-refractivity contribution is 7.13. The van der Waals surface area contributed by atoms with Crippen LogP contribution in [0.3, 0.4) is 0 Å². The highest BCUT2D eigenvalue weighted by Crippen LogP contribution is 2.52. The van der Waals surface area contributed by atoms with E-state index in [1.165, 1.54) is 7.11 Å². The van der Waals surface area contributed by atoms with Crippen LogP contribution in [-0.2, 0) is 0 Å². The number of hydrogen-bond donors (Lipinski definition) is 2. The molecule has 2 N–H and O–H groups in total. The van der Waals surface area contributed by atoms with E-state index >= 15 is 0 Å². The predicted molar refractivity (Wildman–Crippen MR) is 80.1 cm³/mol. The summed E-state index contributed by atoms with van der Waals surface area (Å²) in [4.78, 5) is 11.9. The molecule has 1 aliphatic rings. The van der Waals surface area contributed by atoms with Gasteiger partial charge >= 0.3 is 0 Å². The Morgan fingerprint density at radius 2 is 2.09 bits per heavy atom. The van der Waals surface area contributed by atoms with E-state index in [4.69, 9.17) is 4.74 Å². The van der Waals surface area contributed by atoms with Gasteiger partial charge in [-0.1, -0.05) is 11.5 Å². The van der Waals surface area contributed by atoms with Gasteiger partial charge in [-0.15, -0.1) is 0 Å². The maximum Gasteiger partial charge on any atom is 0.269 e. The number of phenols is 1. The van der Waals surface area contributed by atoms with Gasteiger partial charge in [-0.3, -0.25) is 9.17 Å². The number of hydrogen-bond acceptors (Lipinski definition) is 4. The van der Waals surface area contributed by atoms with Crippen molar-refractivity contribution in [2.75, 3.05) is 7.11 Å². The maximum atomic E-state index is 14.1. The lowest BCUT2D eigenvalue weighted by atomic mass is 9.96. The monoisotopic (exact) mass is 323 g/mol. The third-order valence-corrected chi connectivity index (χ3v) is 4.99. The van der Waals surface area contributed by atoms with E-state index in [1.807, 2.05) is 0 Å². The van der Waals surface area contributed by atoms with E-state index in [1.54, 1.807) is 0 Å². The molecule has 1 aliphatic carbocycles. The normalized spacial score (nSPS) is 14.9. The first-order valence-corrected chi connectivity index (χ1v) is 7.58. The smallest absolute Gasteiger partial charge is 0.269 e. The third-order valence-electron chi connectivity index (χ3n) is 4.07. The fourth-order valence-electron chi connectivity index (χ4n) is 2.97. The summed E-state index contributed by atoms with van der Waals surface area (Å²) in [6, 6.07) is 0.922. The zero-order valence-electron chi connectivity index (χ0n) is 11.5. The van der Waals surface area contributed by atoms with E-state index in [0.717, 1.165) is 36.0 Å². The fourth-order valence-corrected chi connectivity index (χ4v) is 3.93. The van der Waals surface area contributed by atoms with Crippen molar-refractivity contribution in [3.63, 3.8) is 0 Å². The minimum atomic E-state index is -1.12. The average Bonchev–Trinajstić information content (AvgIpc) is 3.25. The van der Waals surface area contributed by atoms with Crippen molar-refractivity contribution in [3.8, 4) is 11.5 Å². The summed E-state index contributed by atoms with van der Waals surface area (Å²) in [6.07, 6.45) is 1.81. The molecule has 2 aromatic carbocycles. The number of aromatic nitrogens is 1. The van der Waals surface area contributed by atoms with Gasteiger partial charge in [-0.25, -0.2) is 4.39 Å². The molecule has 0 amide bonds. The molecular weight excluding hydrogens is 312 g/mol. The van der Waals surface area contributed by atoms with Crippen molar-refractivity contribution in [3.05, 3.63) is 33.6 Å². The summed E-state index contributed by atoms with van der Waals surface area (Å²) < 4.78 is 36.1. The van der Waals surface area contributed by atoms with Gasteiger partial charge in [0.15, 0.2) is 11.6 Å². The van der Waals surface area contributed by atoms with E-state index in [2.05, 4.69) is 4.37 Å². The Labute approximate surface area is 127 Å². The van der Waals surface area contributed by atoms with E-state index in [-0.39, 0.29) is 28.2 Å². The van der Waals surface area contributed by atoms with Crippen LogP contribution in [0.4, 0.5) is 8.78 Å². The highest BCUT2D eigenvalue weighted by Gasteiger charge is 2.33. The number of fused-ring (bicyclic) bond motifs is 2. The van der Waals surface area contributed by atoms with Crippen LogP contribution in [0.25, 0.3) is 20.9 Å². The molecule has 7 heteroatoms. The van der Waals surface area contributed by atoms with E-state index < -0.39 is 17.2 Å². The average molecular weight is 323 g/mol. The Bertz CT molecular complexity index is 988. The van der Waals surface area contributed by atoms with Gasteiger partial charge < -0.3 is 9.84 Å². The van der Waals surface area contributed by atoms with Gasteiger partial charge in [0.05, 0.1) is 11.8 Å². The molecule has 0 radical (unpaired) electrons. The molecule has 0 aliphatic heterocycles. The molecule has 114 valence electrons.